The van der Waals surface area contributed by atoms with Crippen molar-refractivity contribution < 1.29 is 29.2 Å². The lowest BCUT2D eigenvalue weighted by Crippen LogP contribution is -2.09. The summed E-state index contributed by atoms with van der Waals surface area (Å²) in [6, 6.07) is 16.5. The van der Waals surface area contributed by atoms with Crippen molar-refractivity contribution in [3.05, 3.63) is 77.9 Å². The minimum Gasteiger partial charge on any atom is -0.508 e. The molecule has 0 fully saturated rings. The van der Waals surface area contributed by atoms with Gasteiger partial charge in [-0.2, -0.15) is 0 Å². The zero-order valence-electron chi connectivity index (χ0n) is 14.7. The number of phenols is 2. The van der Waals surface area contributed by atoms with Gasteiger partial charge < -0.3 is 29.8 Å². The third-order valence-corrected chi connectivity index (χ3v) is 3.73. The van der Waals surface area contributed by atoms with Crippen molar-refractivity contribution in [3.8, 4) is 28.7 Å². The van der Waals surface area contributed by atoms with Crippen molar-refractivity contribution in [1.82, 2.24) is 0 Å². The fourth-order valence-electron chi connectivity index (χ4n) is 2.30. The van der Waals surface area contributed by atoms with Crippen LogP contribution in [0, 0.1) is 5.41 Å². The van der Waals surface area contributed by atoms with Crippen LogP contribution in [0.3, 0.4) is 0 Å². The molecule has 0 spiro atoms. The Bertz CT molecular complexity index is 967. The van der Waals surface area contributed by atoms with Gasteiger partial charge in [0.25, 0.3) is 0 Å². The lowest BCUT2D eigenvalue weighted by molar-refractivity contribution is 0.0734. The van der Waals surface area contributed by atoms with E-state index in [9.17, 15) is 15.0 Å². The van der Waals surface area contributed by atoms with E-state index in [1.54, 1.807) is 24.3 Å². The molecule has 0 aliphatic carbocycles. The standard InChI is InChI=1S/C21H17NO6/c22-12-15-11-19(28-21(25)14-1-3-16(23)4-2-14)9-10-20(15)27-13-26-18-7-5-17(24)6-8-18/h1-12,22-24H,13H2. The van der Waals surface area contributed by atoms with Crippen LogP contribution in [0.2, 0.25) is 0 Å². The Morgan fingerprint density at radius 2 is 1.46 bits per heavy atom. The van der Waals surface area contributed by atoms with Gasteiger partial charge in [0.2, 0.25) is 6.79 Å². The summed E-state index contributed by atoms with van der Waals surface area (Å²) in [6.45, 7) is -0.0990. The molecule has 0 saturated carbocycles. The van der Waals surface area contributed by atoms with E-state index in [0.29, 0.717) is 17.1 Å². The minimum absolute atomic E-state index is 0.0543. The predicted octanol–water partition coefficient (Wildman–Crippen LogP) is 3.73. The van der Waals surface area contributed by atoms with Crippen LogP contribution in [0.4, 0.5) is 0 Å². The molecule has 3 N–H and O–H groups in total. The molecule has 3 rings (SSSR count). The van der Waals surface area contributed by atoms with Crippen molar-refractivity contribution in [2.45, 2.75) is 0 Å². The number of phenolic OH excluding ortho intramolecular Hbond substituents is 2. The highest BCUT2D eigenvalue weighted by Gasteiger charge is 2.11. The second-order valence-corrected chi connectivity index (χ2v) is 5.68. The van der Waals surface area contributed by atoms with Gasteiger partial charge in [-0.25, -0.2) is 4.79 Å². The molecular formula is C21H17NO6. The topological polar surface area (TPSA) is 109 Å². The molecule has 0 aromatic heterocycles. The largest absolute Gasteiger partial charge is 0.508 e. The van der Waals surface area contributed by atoms with E-state index in [4.69, 9.17) is 19.6 Å². The fourth-order valence-corrected chi connectivity index (χ4v) is 2.30. The fraction of sp³-hybridized carbons (Fsp3) is 0.0476. The maximum absolute atomic E-state index is 12.1. The Balaban J connectivity index is 1.62. The highest BCUT2D eigenvalue weighted by molar-refractivity contribution is 5.91. The van der Waals surface area contributed by atoms with Crippen LogP contribution in [-0.4, -0.2) is 29.2 Å². The number of carbonyl (C=O) groups is 1. The molecular weight excluding hydrogens is 362 g/mol. The van der Waals surface area contributed by atoms with Crippen LogP contribution in [0.5, 0.6) is 28.7 Å². The first-order valence-corrected chi connectivity index (χ1v) is 8.25. The van der Waals surface area contributed by atoms with E-state index >= 15 is 0 Å². The first-order chi connectivity index (χ1) is 13.5. The van der Waals surface area contributed by atoms with E-state index in [2.05, 4.69) is 0 Å². The molecule has 0 saturated heterocycles. The highest BCUT2D eigenvalue weighted by Crippen LogP contribution is 2.24. The lowest BCUT2D eigenvalue weighted by atomic mass is 10.2. The van der Waals surface area contributed by atoms with Gasteiger partial charge in [-0.05, 0) is 66.7 Å². The Morgan fingerprint density at radius 3 is 2.11 bits per heavy atom. The Labute approximate surface area is 160 Å². The summed E-state index contributed by atoms with van der Waals surface area (Å²) in [5.74, 6) is 0.769. The molecule has 0 amide bonds. The highest BCUT2D eigenvalue weighted by atomic mass is 16.7. The third kappa shape index (κ3) is 4.79. The van der Waals surface area contributed by atoms with Gasteiger partial charge in [0.1, 0.15) is 28.7 Å². The monoisotopic (exact) mass is 379 g/mol. The van der Waals surface area contributed by atoms with Crippen LogP contribution in [-0.2, 0) is 0 Å². The number of carbonyl (C=O) groups excluding carboxylic acids is 1. The summed E-state index contributed by atoms with van der Waals surface area (Å²) in [7, 11) is 0. The van der Waals surface area contributed by atoms with Crippen LogP contribution in [0.25, 0.3) is 0 Å². The van der Waals surface area contributed by atoms with E-state index < -0.39 is 5.97 Å². The van der Waals surface area contributed by atoms with Crippen LogP contribution in [0.1, 0.15) is 15.9 Å². The molecule has 0 radical (unpaired) electrons. The molecule has 7 nitrogen and oxygen atoms in total. The summed E-state index contributed by atoms with van der Waals surface area (Å²) in [4.78, 5) is 12.1. The van der Waals surface area contributed by atoms with Gasteiger partial charge in [0.05, 0.1) is 5.56 Å². The van der Waals surface area contributed by atoms with E-state index in [1.807, 2.05) is 0 Å². The third-order valence-electron chi connectivity index (χ3n) is 3.73. The van der Waals surface area contributed by atoms with Gasteiger partial charge in [-0.15, -0.1) is 0 Å². The quantitative estimate of drug-likeness (QED) is 0.250. The van der Waals surface area contributed by atoms with Crippen LogP contribution < -0.4 is 14.2 Å². The van der Waals surface area contributed by atoms with Gasteiger partial charge in [0.15, 0.2) is 0 Å². The normalized spacial score (nSPS) is 10.1. The SMILES string of the molecule is N=Cc1cc(OC(=O)c2ccc(O)cc2)ccc1OCOc1ccc(O)cc1. The number of hydrogen-bond donors (Lipinski definition) is 3. The molecule has 3 aromatic carbocycles. The molecule has 0 heterocycles. The average Bonchev–Trinajstić information content (AvgIpc) is 2.70. The predicted molar refractivity (Wildman–Crippen MR) is 102 cm³/mol. The number of rotatable bonds is 7. The summed E-state index contributed by atoms with van der Waals surface area (Å²) >= 11 is 0. The van der Waals surface area contributed by atoms with E-state index in [1.165, 1.54) is 42.5 Å². The van der Waals surface area contributed by atoms with Crippen molar-refractivity contribution in [1.29, 1.82) is 5.41 Å². The van der Waals surface area contributed by atoms with Crippen LogP contribution >= 0.6 is 0 Å². The first kappa shape index (κ1) is 18.8. The average molecular weight is 379 g/mol. The maximum atomic E-state index is 12.1. The van der Waals surface area contributed by atoms with Gasteiger partial charge in [0, 0.05) is 11.8 Å². The second-order valence-electron chi connectivity index (χ2n) is 5.68. The molecule has 0 unspecified atom stereocenters. The van der Waals surface area contributed by atoms with Gasteiger partial charge in [-0.1, -0.05) is 0 Å². The van der Waals surface area contributed by atoms with Gasteiger partial charge >= 0.3 is 5.97 Å². The molecule has 3 aromatic rings. The number of hydrogen-bond acceptors (Lipinski definition) is 7. The summed E-state index contributed by atoms with van der Waals surface area (Å²) in [5.41, 5.74) is 0.696. The summed E-state index contributed by atoms with van der Waals surface area (Å²) < 4.78 is 16.2. The minimum atomic E-state index is -0.583. The summed E-state index contributed by atoms with van der Waals surface area (Å²) in [5, 5.41) is 26.0. The molecule has 0 aliphatic rings. The molecule has 0 atom stereocenters. The Kier molecular flexibility index (Phi) is 5.76. The number of esters is 1. The number of ether oxygens (including phenoxy) is 3. The Morgan fingerprint density at radius 1 is 0.857 bits per heavy atom. The van der Waals surface area contributed by atoms with E-state index in [0.717, 1.165) is 6.21 Å². The molecule has 0 bridgehead atoms. The summed E-state index contributed by atoms with van der Waals surface area (Å²) in [6.07, 6.45) is 1.08. The molecule has 142 valence electrons. The molecule has 7 heteroatoms. The molecule has 0 aliphatic heterocycles. The Hall–Kier alpha value is -4.00. The van der Waals surface area contributed by atoms with Crippen LogP contribution in [0.15, 0.2) is 66.7 Å². The number of benzene rings is 3. The van der Waals surface area contributed by atoms with Crippen molar-refractivity contribution in [3.63, 3.8) is 0 Å². The van der Waals surface area contributed by atoms with Crippen molar-refractivity contribution >= 4 is 12.2 Å². The number of nitrogens with one attached hydrogen (secondary N) is 1. The lowest BCUT2D eigenvalue weighted by Gasteiger charge is -2.12. The number of aromatic hydroxyl groups is 2. The van der Waals surface area contributed by atoms with E-state index in [-0.39, 0.29) is 29.6 Å². The smallest absolute Gasteiger partial charge is 0.343 e. The van der Waals surface area contributed by atoms with Gasteiger partial charge in [-0.3, -0.25) is 0 Å². The molecule has 28 heavy (non-hydrogen) atoms. The zero-order chi connectivity index (χ0) is 19.9. The first-order valence-electron chi connectivity index (χ1n) is 8.25. The second kappa shape index (κ2) is 8.59. The van der Waals surface area contributed by atoms with Crippen molar-refractivity contribution in [2.24, 2.45) is 0 Å². The zero-order valence-corrected chi connectivity index (χ0v) is 14.7. The maximum Gasteiger partial charge on any atom is 0.343 e. The van der Waals surface area contributed by atoms with Crippen molar-refractivity contribution in [2.75, 3.05) is 6.79 Å².